The molecule has 0 saturated carbocycles. The summed E-state index contributed by atoms with van der Waals surface area (Å²) < 4.78 is 28.0. The Morgan fingerprint density at radius 1 is 0.830 bits per heavy atom. The second kappa shape index (κ2) is 14.7. The van der Waals surface area contributed by atoms with Crippen LogP contribution in [0.25, 0.3) is 11.1 Å². The van der Waals surface area contributed by atoms with Crippen LogP contribution in [0.3, 0.4) is 0 Å². The molecule has 11 heteroatoms. The van der Waals surface area contributed by atoms with Gasteiger partial charge >= 0.3 is 0 Å². The number of fused-ring (bicyclic) bond motifs is 4. The lowest BCUT2D eigenvalue weighted by Crippen LogP contribution is -2.36. The largest absolute Gasteiger partial charge is 0.493 e. The maximum absolute atomic E-state index is 13.6. The Morgan fingerprint density at radius 3 is 2.17 bits per heavy atom. The first-order valence-corrected chi connectivity index (χ1v) is 15.8. The van der Waals surface area contributed by atoms with E-state index >= 15 is 0 Å². The van der Waals surface area contributed by atoms with Gasteiger partial charge in [-0.15, -0.1) is 0 Å². The lowest BCUT2D eigenvalue weighted by atomic mass is 9.95. The van der Waals surface area contributed by atoms with E-state index in [1.54, 1.807) is 47.7 Å². The third-order valence-electron chi connectivity index (χ3n) is 8.87. The van der Waals surface area contributed by atoms with Crippen molar-refractivity contribution in [3.05, 3.63) is 68.9 Å². The number of rotatable bonds is 11. The Morgan fingerprint density at radius 2 is 1.51 bits per heavy atom. The number of anilines is 1. The van der Waals surface area contributed by atoms with E-state index in [0.29, 0.717) is 85.3 Å². The smallest absolute Gasteiger partial charge is 0.222 e. The summed E-state index contributed by atoms with van der Waals surface area (Å²) in [5, 5.41) is 6.27. The van der Waals surface area contributed by atoms with Crippen LogP contribution >= 0.6 is 0 Å². The third-order valence-corrected chi connectivity index (χ3v) is 8.87. The molecule has 11 nitrogen and oxygen atoms in total. The molecule has 1 aliphatic heterocycles. The summed E-state index contributed by atoms with van der Waals surface area (Å²) in [6, 6.07) is 10.7. The molecule has 3 aromatic rings. The fraction of sp³-hybridized carbons (Fsp3) is 0.417. The van der Waals surface area contributed by atoms with Crippen molar-refractivity contribution in [1.29, 1.82) is 0 Å². The number of methoxy groups -OCH3 is 5. The third kappa shape index (κ3) is 6.94. The molecule has 3 aromatic carbocycles. The number of amides is 2. The van der Waals surface area contributed by atoms with Gasteiger partial charge in [-0.3, -0.25) is 14.4 Å². The number of benzene rings is 2. The molecule has 250 valence electrons. The van der Waals surface area contributed by atoms with Crippen molar-refractivity contribution >= 4 is 17.5 Å². The molecule has 2 aliphatic rings. The molecule has 0 saturated heterocycles. The second-order valence-electron chi connectivity index (χ2n) is 11.7. The molecule has 2 N–H and O–H groups in total. The summed E-state index contributed by atoms with van der Waals surface area (Å²) in [7, 11) is 7.91. The van der Waals surface area contributed by atoms with Crippen LogP contribution in [0.15, 0.2) is 41.2 Å². The number of aryl methyl sites for hydroxylation is 1. The lowest BCUT2D eigenvalue weighted by Gasteiger charge is -2.29. The van der Waals surface area contributed by atoms with E-state index in [0.717, 1.165) is 34.2 Å². The van der Waals surface area contributed by atoms with Gasteiger partial charge < -0.3 is 39.2 Å². The summed E-state index contributed by atoms with van der Waals surface area (Å²) in [5.41, 5.74) is 5.60. The highest BCUT2D eigenvalue weighted by atomic mass is 16.5. The normalized spacial score (nSPS) is 14.9. The standard InChI is InChI=1S/C36H43N3O8/c1-21(40)38-27-11-9-23-17-32(45-4)35(46-5)36(47-6)34(23)25-10-12-28(29(41)19-26(25)27)37-14-7-8-33(42)39-15-13-22-16-30(43-2)31(44-3)18-24(22)20-39/h10,12,16-19,27H,7-9,11,13-15,20H2,1-6H3,(H,37,41)(H,38,40)/t27-/m0/s1. The molecular formula is C36H43N3O8. The molecule has 47 heavy (non-hydrogen) atoms. The Kier molecular flexibility index (Phi) is 10.4. The first-order valence-electron chi connectivity index (χ1n) is 15.8. The van der Waals surface area contributed by atoms with Crippen LogP contribution in [0.2, 0.25) is 0 Å². The van der Waals surface area contributed by atoms with Crippen molar-refractivity contribution < 1.29 is 33.3 Å². The average Bonchev–Trinajstić information content (AvgIpc) is 3.32. The van der Waals surface area contributed by atoms with Gasteiger partial charge in [-0.25, -0.2) is 0 Å². The number of ether oxygens (including phenoxy) is 5. The van der Waals surface area contributed by atoms with E-state index in [2.05, 4.69) is 10.6 Å². The molecule has 2 amide bonds. The summed E-state index contributed by atoms with van der Waals surface area (Å²) >= 11 is 0. The van der Waals surface area contributed by atoms with E-state index in [-0.39, 0.29) is 17.2 Å². The maximum Gasteiger partial charge on any atom is 0.222 e. The van der Waals surface area contributed by atoms with Gasteiger partial charge in [0, 0.05) is 38.5 Å². The van der Waals surface area contributed by atoms with Crippen LogP contribution in [-0.4, -0.2) is 65.4 Å². The van der Waals surface area contributed by atoms with Gasteiger partial charge in [-0.2, -0.15) is 0 Å². The first kappa shape index (κ1) is 33.4. The van der Waals surface area contributed by atoms with Gasteiger partial charge in [0.05, 0.1) is 47.3 Å². The summed E-state index contributed by atoms with van der Waals surface area (Å²) in [4.78, 5) is 40.8. The van der Waals surface area contributed by atoms with Gasteiger partial charge in [-0.1, -0.05) is 6.07 Å². The van der Waals surface area contributed by atoms with Crippen LogP contribution in [0.1, 0.15) is 54.5 Å². The zero-order chi connectivity index (χ0) is 33.7. The molecule has 0 aromatic heterocycles. The predicted molar refractivity (Wildman–Crippen MR) is 179 cm³/mol. The SMILES string of the molecule is COc1cc2c(cc1OC)CN(C(=O)CCCNc1ccc3c(cc1=O)[C@@H](NC(C)=O)CCc1cc(OC)c(OC)c(OC)c1-3)CC2. The molecule has 0 radical (unpaired) electrons. The maximum atomic E-state index is 13.6. The van der Waals surface area contributed by atoms with E-state index in [1.165, 1.54) is 6.92 Å². The molecule has 5 rings (SSSR count). The van der Waals surface area contributed by atoms with Crippen LogP contribution in [-0.2, 0) is 29.0 Å². The minimum Gasteiger partial charge on any atom is -0.493 e. The number of nitrogens with zero attached hydrogens (tertiary/aromatic N) is 1. The Bertz CT molecular complexity index is 1720. The monoisotopic (exact) mass is 645 g/mol. The van der Waals surface area contributed by atoms with Gasteiger partial charge in [0.25, 0.3) is 0 Å². The molecule has 1 aliphatic carbocycles. The molecule has 0 spiro atoms. The molecule has 0 bridgehead atoms. The van der Waals surface area contributed by atoms with E-state index < -0.39 is 6.04 Å². The van der Waals surface area contributed by atoms with Gasteiger partial charge in [0.15, 0.2) is 23.0 Å². The van der Waals surface area contributed by atoms with Crippen molar-refractivity contribution in [2.24, 2.45) is 0 Å². The van der Waals surface area contributed by atoms with E-state index in [4.69, 9.17) is 23.7 Å². The van der Waals surface area contributed by atoms with Crippen LogP contribution in [0, 0.1) is 0 Å². The minimum atomic E-state index is -0.391. The Hall–Kier alpha value is -4.93. The fourth-order valence-electron chi connectivity index (χ4n) is 6.57. The molecular weight excluding hydrogens is 602 g/mol. The van der Waals surface area contributed by atoms with Crippen molar-refractivity contribution in [3.8, 4) is 39.9 Å². The Balaban J connectivity index is 1.35. The van der Waals surface area contributed by atoms with Gasteiger partial charge in [0.2, 0.25) is 23.0 Å². The zero-order valence-corrected chi connectivity index (χ0v) is 27.9. The minimum absolute atomic E-state index is 0.0612. The zero-order valence-electron chi connectivity index (χ0n) is 27.9. The quantitative estimate of drug-likeness (QED) is 0.287. The molecule has 1 atom stereocenters. The second-order valence-corrected chi connectivity index (χ2v) is 11.7. The lowest BCUT2D eigenvalue weighted by molar-refractivity contribution is -0.132. The molecule has 1 heterocycles. The molecule has 0 unspecified atom stereocenters. The highest BCUT2D eigenvalue weighted by Gasteiger charge is 2.29. The van der Waals surface area contributed by atoms with Gasteiger partial charge in [-0.05, 0) is 83.8 Å². The first-order chi connectivity index (χ1) is 22.7. The summed E-state index contributed by atoms with van der Waals surface area (Å²) in [5.74, 6) is 2.70. The van der Waals surface area contributed by atoms with Gasteiger partial charge in [0.1, 0.15) is 0 Å². The number of carbonyl (C=O) groups excluding carboxylic acids is 2. The molecule has 0 fully saturated rings. The number of hydrogen-bond acceptors (Lipinski definition) is 9. The van der Waals surface area contributed by atoms with Crippen molar-refractivity contribution in [1.82, 2.24) is 10.2 Å². The van der Waals surface area contributed by atoms with E-state index in [1.807, 2.05) is 29.2 Å². The Labute approximate surface area is 275 Å². The average molecular weight is 646 g/mol. The summed E-state index contributed by atoms with van der Waals surface area (Å²) in [6.45, 7) is 3.06. The van der Waals surface area contributed by atoms with Crippen LogP contribution < -0.4 is 39.7 Å². The van der Waals surface area contributed by atoms with E-state index in [9.17, 15) is 14.4 Å². The van der Waals surface area contributed by atoms with Crippen molar-refractivity contribution in [2.75, 3.05) is 54.0 Å². The predicted octanol–water partition coefficient (Wildman–Crippen LogP) is 4.66. The number of carbonyl (C=O) groups is 2. The number of hydrogen-bond donors (Lipinski definition) is 2. The topological polar surface area (TPSA) is 125 Å². The number of nitrogens with one attached hydrogen (secondary N) is 2. The summed E-state index contributed by atoms with van der Waals surface area (Å²) in [6.07, 6.45) is 2.83. The highest BCUT2D eigenvalue weighted by molar-refractivity contribution is 5.84. The highest BCUT2D eigenvalue weighted by Crippen LogP contribution is 2.50. The fourth-order valence-corrected chi connectivity index (χ4v) is 6.57. The van der Waals surface area contributed by atoms with Crippen molar-refractivity contribution in [3.63, 3.8) is 0 Å². The van der Waals surface area contributed by atoms with Crippen LogP contribution in [0.4, 0.5) is 5.69 Å². The van der Waals surface area contributed by atoms with Crippen molar-refractivity contribution in [2.45, 2.75) is 51.6 Å². The van der Waals surface area contributed by atoms with Crippen LogP contribution in [0.5, 0.6) is 28.7 Å².